The van der Waals surface area contributed by atoms with Crippen LogP contribution in [0.5, 0.6) is 0 Å². The maximum absolute atomic E-state index is 12.1. The van der Waals surface area contributed by atoms with Gasteiger partial charge in [0.2, 0.25) is 5.91 Å². The first-order chi connectivity index (χ1) is 10.7. The number of amides is 1. The van der Waals surface area contributed by atoms with E-state index in [-0.39, 0.29) is 18.6 Å². The Kier molecular flexibility index (Phi) is 6.16. The van der Waals surface area contributed by atoms with Crippen molar-refractivity contribution in [3.8, 4) is 0 Å². The molecule has 0 unspecified atom stereocenters. The molecule has 0 heterocycles. The highest BCUT2D eigenvalue weighted by Crippen LogP contribution is 2.12. The van der Waals surface area contributed by atoms with Crippen LogP contribution in [0.15, 0.2) is 54.6 Å². The summed E-state index contributed by atoms with van der Waals surface area (Å²) in [5.41, 5.74) is 3.39. The Labute approximate surface area is 132 Å². The van der Waals surface area contributed by atoms with Gasteiger partial charge in [0.05, 0.1) is 12.6 Å². The van der Waals surface area contributed by atoms with Gasteiger partial charge in [-0.3, -0.25) is 4.79 Å². The van der Waals surface area contributed by atoms with E-state index in [1.54, 1.807) is 0 Å². The summed E-state index contributed by atoms with van der Waals surface area (Å²) in [7, 11) is 0. The van der Waals surface area contributed by atoms with E-state index in [0.717, 1.165) is 17.5 Å². The zero-order chi connectivity index (χ0) is 15.8. The van der Waals surface area contributed by atoms with E-state index in [2.05, 4.69) is 36.5 Å². The lowest BCUT2D eigenvalue weighted by Gasteiger charge is -2.16. The summed E-state index contributed by atoms with van der Waals surface area (Å²) in [4.78, 5) is 12.1. The quantitative estimate of drug-likeness (QED) is 0.825. The van der Waals surface area contributed by atoms with Gasteiger partial charge in [-0.15, -0.1) is 0 Å². The average molecular weight is 297 g/mol. The lowest BCUT2D eigenvalue weighted by molar-refractivity contribution is -0.122. The second kappa shape index (κ2) is 8.35. The van der Waals surface area contributed by atoms with E-state index in [4.69, 9.17) is 0 Å². The van der Waals surface area contributed by atoms with Crippen molar-refractivity contribution in [1.29, 1.82) is 0 Å². The first-order valence-corrected chi connectivity index (χ1v) is 7.76. The third-order valence-electron chi connectivity index (χ3n) is 3.79. The van der Waals surface area contributed by atoms with Crippen LogP contribution in [0, 0.1) is 0 Å². The highest BCUT2D eigenvalue weighted by atomic mass is 16.3. The molecule has 3 nitrogen and oxygen atoms in total. The second-order valence-corrected chi connectivity index (χ2v) is 5.38. The Morgan fingerprint density at radius 2 is 1.68 bits per heavy atom. The predicted octanol–water partition coefficient (Wildman–Crippen LogP) is 3.03. The van der Waals surface area contributed by atoms with Crippen LogP contribution in [0.2, 0.25) is 0 Å². The Bertz CT molecular complexity index is 578. The summed E-state index contributed by atoms with van der Waals surface area (Å²) >= 11 is 0. The maximum Gasteiger partial charge on any atom is 0.220 e. The summed E-state index contributed by atoms with van der Waals surface area (Å²) in [6.07, 6.45) is 2.16. The molecule has 1 atom stereocenters. The Morgan fingerprint density at radius 1 is 1.05 bits per heavy atom. The van der Waals surface area contributed by atoms with Gasteiger partial charge >= 0.3 is 0 Å². The molecule has 0 aliphatic carbocycles. The largest absolute Gasteiger partial charge is 0.394 e. The SMILES string of the molecule is CCc1ccc(CCC(=O)N[C@H](CO)c2ccccc2)cc1. The highest BCUT2D eigenvalue weighted by molar-refractivity contribution is 5.76. The zero-order valence-corrected chi connectivity index (χ0v) is 13.0. The van der Waals surface area contributed by atoms with E-state index in [0.29, 0.717) is 12.8 Å². The number of rotatable bonds is 7. The molecule has 0 saturated heterocycles. The zero-order valence-electron chi connectivity index (χ0n) is 13.0. The number of benzene rings is 2. The fourth-order valence-electron chi connectivity index (χ4n) is 2.39. The number of aliphatic hydroxyl groups is 1. The van der Waals surface area contributed by atoms with Gasteiger partial charge in [0.25, 0.3) is 0 Å². The average Bonchev–Trinajstić information content (AvgIpc) is 2.59. The monoisotopic (exact) mass is 297 g/mol. The van der Waals surface area contributed by atoms with Crippen LogP contribution < -0.4 is 5.32 Å². The molecule has 0 radical (unpaired) electrons. The van der Waals surface area contributed by atoms with Crippen LogP contribution in [-0.2, 0) is 17.6 Å². The topological polar surface area (TPSA) is 49.3 Å². The molecule has 2 aromatic rings. The second-order valence-electron chi connectivity index (χ2n) is 5.38. The van der Waals surface area contributed by atoms with Crippen LogP contribution in [0.1, 0.15) is 36.1 Å². The summed E-state index contributed by atoms with van der Waals surface area (Å²) in [5.74, 6) is -0.0394. The van der Waals surface area contributed by atoms with Crippen LogP contribution >= 0.6 is 0 Å². The molecule has 3 heteroatoms. The smallest absolute Gasteiger partial charge is 0.220 e. The minimum atomic E-state index is -0.337. The third-order valence-corrected chi connectivity index (χ3v) is 3.79. The van der Waals surface area contributed by atoms with Gasteiger partial charge in [-0.05, 0) is 29.5 Å². The number of carbonyl (C=O) groups excluding carboxylic acids is 1. The number of hydrogen-bond acceptors (Lipinski definition) is 2. The lowest BCUT2D eigenvalue weighted by atomic mass is 10.0. The van der Waals surface area contributed by atoms with Gasteiger partial charge in [0.15, 0.2) is 0 Å². The van der Waals surface area contributed by atoms with E-state index >= 15 is 0 Å². The normalized spacial score (nSPS) is 11.9. The van der Waals surface area contributed by atoms with Crippen LogP contribution in [0.4, 0.5) is 0 Å². The molecule has 0 saturated carbocycles. The van der Waals surface area contributed by atoms with E-state index in [9.17, 15) is 9.90 Å². The van der Waals surface area contributed by atoms with Gasteiger partial charge in [-0.25, -0.2) is 0 Å². The van der Waals surface area contributed by atoms with Crippen molar-refractivity contribution in [3.05, 3.63) is 71.3 Å². The first kappa shape index (κ1) is 16.2. The Morgan fingerprint density at radius 3 is 2.27 bits per heavy atom. The summed E-state index contributed by atoms with van der Waals surface area (Å²) in [6, 6.07) is 17.6. The summed E-state index contributed by atoms with van der Waals surface area (Å²) in [5, 5.41) is 12.3. The van der Waals surface area contributed by atoms with Crippen molar-refractivity contribution in [2.24, 2.45) is 0 Å². The molecular weight excluding hydrogens is 274 g/mol. The Hall–Kier alpha value is -2.13. The van der Waals surface area contributed by atoms with Crippen molar-refractivity contribution in [2.75, 3.05) is 6.61 Å². The van der Waals surface area contributed by atoms with Gasteiger partial charge in [0, 0.05) is 6.42 Å². The van der Waals surface area contributed by atoms with Crippen LogP contribution in [-0.4, -0.2) is 17.6 Å². The van der Waals surface area contributed by atoms with Crippen molar-refractivity contribution in [3.63, 3.8) is 0 Å². The fourth-order valence-corrected chi connectivity index (χ4v) is 2.39. The molecule has 0 aromatic heterocycles. The number of aryl methyl sites for hydroxylation is 2. The number of nitrogens with one attached hydrogen (secondary N) is 1. The van der Waals surface area contributed by atoms with Crippen LogP contribution in [0.3, 0.4) is 0 Å². The van der Waals surface area contributed by atoms with Gasteiger partial charge in [-0.1, -0.05) is 61.5 Å². The molecule has 0 aliphatic heterocycles. The summed E-state index contributed by atoms with van der Waals surface area (Å²) < 4.78 is 0. The number of hydrogen-bond donors (Lipinski definition) is 2. The standard InChI is InChI=1S/C19H23NO2/c1-2-15-8-10-16(11-9-15)12-13-19(22)20-18(14-21)17-6-4-3-5-7-17/h3-11,18,21H,2,12-14H2,1H3,(H,20,22)/t18-/m1/s1. The van der Waals surface area contributed by atoms with E-state index in [1.165, 1.54) is 5.56 Å². The minimum Gasteiger partial charge on any atom is -0.394 e. The van der Waals surface area contributed by atoms with Crippen molar-refractivity contribution < 1.29 is 9.90 Å². The van der Waals surface area contributed by atoms with Gasteiger partial charge < -0.3 is 10.4 Å². The van der Waals surface area contributed by atoms with Crippen LogP contribution in [0.25, 0.3) is 0 Å². The number of carbonyl (C=O) groups is 1. The molecule has 0 bridgehead atoms. The Balaban J connectivity index is 1.86. The maximum atomic E-state index is 12.1. The van der Waals surface area contributed by atoms with Gasteiger partial charge in [0.1, 0.15) is 0 Å². The first-order valence-electron chi connectivity index (χ1n) is 7.76. The third kappa shape index (κ3) is 4.71. The molecule has 0 aliphatic rings. The lowest BCUT2D eigenvalue weighted by Crippen LogP contribution is -2.30. The molecule has 2 aromatic carbocycles. The predicted molar refractivity (Wildman–Crippen MR) is 88.6 cm³/mol. The molecule has 2 rings (SSSR count). The molecule has 0 spiro atoms. The minimum absolute atomic E-state index is 0.0394. The molecule has 2 N–H and O–H groups in total. The van der Waals surface area contributed by atoms with E-state index < -0.39 is 0 Å². The summed E-state index contributed by atoms with van der Waals surface area (Å²) in [6.45, 7) is 2.03. The van der Waals surface area contributed by atoms with Crippen molar-refractivity contribution in [2.45, 2.75) is 32.2 Å². The fraction of sp³-hybridized carbons (Fsp3) is 0.316. The van der Waals surface area contributed by atoms with E-state index in [1.807, 2.05) is 30.3 Å². The van der Waals surface area contributed by atoms with Crippen molar-refractivity contribution in [1.82, 2.24) is 5.32 Å². The molecule has 1 amide bonds. The molecular formula is C19H23NO2. The van der Waals surface area contributed by atoms with Gasteiger partial charge in [-0.2, -0.15) is 0 Å². The molecule has 22 heavy (non-hydrogen) atoms. The molecule has 0 fully saturated rings. The van der Waals surface area contributed by atoms with Crippen molar-refractivity contribution >= 4 is 5.91 Å². The highest BCUT2D eigenvalue weighted by Gasteiger charge is 2.13. The number of aliphatic hydroxyl groups excluding tert-OH is 1. The molecule has 116 valence electrons.